The molecule has 0 saturated carbocycles. The molecule has 0 amide bonds. The summed E-state index contributed by atoms with van der Waals surface area (Å²) >= 11 is 12.1. The maximum atomic E-state index is 6.16. The Hall–Kier alpha value is -1.05. The standard InChI is InChI=1S/C13H11Cl2N/c1-8-3-4-9(2)16-13(8)11-7-10(14)5-6-12(11)15/h3-7H,1-2H3. The molecule has 0 unspecified atom stereocenters. The van der Waals surface area contributed by atoms with Crippen molar-refractivity contribution in [3.63, 3.8) is 0 Å². The van der Waals surface area contributed by atoms with Crippen molar-refractivity contribution in [2.45, 2.75) is 13.8 Å². The van der Waals surface area contributed by atoms with Gasteiger partial charge in [-0.25, -0.2) is 0 Å². The zero-order chi connectivity index (χ0) is 11.7. The molecule has 82 valence electrons. The van der Waals surface area contributed by atoms with Crippen LogP contribution in [0.3, 0.4) is 0 Å². The number of benzene rings is 1. The lowest BCUT2D eigenvalue weighted by molar-refractivity contribution is 1.18. The molecule has 0 aliphatic heterocycles. The Morgan fingerprint density at radius 1 is 1.00 bits per heavy atom. The molecule has 0 aliphatic carbocycles. The predicted molar refractivity (Wildman–Crippen MR) is 69.2 cm³/mol. The van der Waals surface area contributed by atoms with E-state index < -0.39 is 0 Å². The van der Waals surface area contributed by atoms with E-state index in [0.717, 1.165) is 22.5 Å². The van der Waals surface area contributed by atoms with E-state index in [1.54, 1.807) is 12.1 Å². The molecule has 3 heteroatoms. The van der Waals surface area contributed by atoms with Crippen LogP contribution in [0.15, 0.2) is 30.3 Å². The number of pyridine rings is 1. The van der Waals surface area contributed by atoms with Crippen LogP contribution in [0.2, 0.25) is 10.0 Å². The molecule has 0 aliphatic rings. The van der Waals surface area contributed by atoms with E-state index >= 15 is 0 Å². The Kier molecular flexibility index (Phi) is 3.17. The van der Waals surface area contributed by atoms with E-state index in [0.29, 0.717) is 10.0 Å². The van der Waals surface area contributed by atoms with Gasteiger partial charge in [-0.05, 0) is 43.7 Å². The van der Waals surface area contributed by atoms with E-state index in [1.165, 1.54) is 0 Å². The monoisotopic (exact) mass is 251 g/mol. The summed E-state index contributed by atoms with van der Waals surface area (Å²) in [4.78, 5) is 4.50. The van der Waals surface area contributed by atoms with Gasteiger partial charge in [-0.1, -0.05) is 29.3 Å². The Balaban J connectivity index is 2.66. The molecule has 0 atom stereocenters. The van der Waals surface area contributed by atoms with E-state index in [2.05, 4.69) is 4.98 Å². The van der Waals surface area contributed by atoms with Gasteiger partial charge >= 0.3 is 0 Å². The molecule has 0 fully saturated rings. The molecule has 1 nitrogen and oxygen atoms in total. The Morgan fingerprint density at radius 3 is 2.50 bits per heavy atom. The van der Waals surface area contributed by atoms with Crippen LogP contribution in [0.5, 0.6) is 0 Å². The number of aromatic nitrogens is 1. The Labute approximate surface area is 105 Å². The number of rotatable bonds is 1. The summed E-state index contributed by atoms with van der Waals surface area (Å²) < 4.78 is 0. The van der Waals surface area contributed by atoms with Gasteiger partial charge in [0.25, 0.3) is 0 Å². The van der Waals surface area contributed by atoms with Crippen molar-refractivity contribution in [1.29, 1.82) is 0 Å². The van der Waals surface area contributed by atoms with Crippen LogP contribution >= 0.6 is 23.2 Å². The Bertz CT molecular complexity index is 486. The number of aryl methyl sites for hydroxylation is 2. The third-order valence-corrected chi connectivity index (χ3v) is 2.98. The van der Waals surface area contributed by atoms with Crippen molar-refractivity contribution < 1.29 is 0 Å². The highest BCUT2D eigenvalue weighted by molar-refractivity contribution is 6.35. The van der Waals surface area contributed by atoms with Gasteiger partial charge in [0.05, 0.1) is 10.7 Å². The largest absolute Gasteiger partial charge is 0.253 e. The molecule has 1 aromatic carbocycles. The number of nitrogens with zero attached hydrogens (tertiary/aromatic N) is 1. The van der Waals surface area contributed by atoms with Crippen molar-refractivity contribution in [2.24, 2.45) is 0 Å². The van der Waals surface area contributed by atoms with E-state index in [9.17, 15) is 0 Å². The van der Waals surface area contributed by atoms with Crippen molar-refractivity contribution >= 4 is 23.2 Å². The van der Waals surface area contributed by atoms with Gasteiger partial charge in [0.2, 0.25) is 0 Å². The molecular weight excluding hydrogens is 241 g/mol. The molecule has 0 radical (unpaired) electrons. The van der Waals surface area contributed by atoms with Crippen molar-refractivity contribution in [2.75, 3.05) is 0 Å². The zero-order valence-corrected chi connectivity index (χ0v) is 10.6. The first kappa shape index (κ1) is 11.4. The van der Waals surface area contributed by atoms with E-state index in [4.69, 9.17) is 23.2 Å². The summed E-state index contributed by atoms with van der Waals surface area (Å²) in [6.07, 6.45) is 0. The second kappa shape index (κ2) is 4.44. The molecule has 0 N–H and O–H groups in total. The highest BCUT2D eigenvalue weighted by Crippen LogP contribution is 2.31. The van der Waals surface area contributed by atoms with E-state index in [1.807, 2.05) is 32.0 Å². The summed E-state index contributed by atoms with van der Waals surface area (Å²) in [6.45, 7) is 3.97. The lowest BCUT2D eigenvalue weighted by atomic mass is 10.1. The minimum atomic E-state index is 0.669. The molecule has 1 aromatic heterocycles. The van der Waals surface area contributed by atoms with Gasteiger partial charge in [0, 0.05) is 16.3 Å². The topological polar surface area (TPSA) is 12.9 Å². The van der Waals surface area contributed by atoms with Crippen LogP contribution in [0.4, 0.5) is 0 Å². The van der Waals surface area contributed by atoms with Crippen LogP contribution in [0.1, 0.15) is 11.3 Å². The van der Waals surface area contributed by atoms with Gasteiger partial charge in [0.15, 0.2) is 0 Å². The first-order valence-electron chi connectivity index (χ1n) is 4.97. The summed E-state index contributed by atoms with van der Waals surface area (Å²) in [5.41, 5.74) is 3.84. The quantitative estimate of drug-likeness (QED) is 0.718. The summed E-state index contributed by atoms with van der Waals surface area (Å²) in [6, 6.07) is 9.44. The van der Waals surface area contributed by atoms with E-state index in [-0.39, 0.29) is 0 Å². The van der Waals surface area contributed by atoms with Gasteiger partial charge in [-0.3, -0.25) is 4.98 Å². The van der Waals surface area contributed by atoms with Crippen LogP contribution in [0, 0.1) is 13.8 Å². The van der Waals surface area contributed by atoms with Crippen LogP contribution in [-0.4, -0.2) is 4.98 Å². The average molecular weight is 252 g/mol. The van der Waals surface area contributed by atoms with Crippen molar-refractivity contribution in [3.05, 3.63) is 51.6 Å². The predicted octanol–water partition coefficient (Wildman–Crippen LogP) is 4.67. The fourth-order valence-electron chi connectivity index (χ4n) is 1.58. The second-order valence-electron chi connectivity index (χ2n) is 3.74. The summed E-state index contributed by atoms with van der Waals surface area (Å²) in [5, 5.41) is 1.34. The van der Waals surface area contributed by atoms with Crippen molar-refractivity contribution in [3.8, 4) is 11.3 Å². The summed E-state index contributed by atoms with van der Waals surface area (Å²) in [7, 11) is 0. The minimum Gasteiger partial charge on any atom is -0.253 e. The lowest BCUT2D eigenvalue weighted by Gasteiger charge is -2.08. The first-order valence-corrected chi connectivity index (χ1v) is 5.73. The molecule has 1 heterocycles. The molecular formula is C13H11Cl2N. The molecule has 0 spiro atoms. The van der Waals surface area contributed by atoms with Gasteiger partial charge in [-0.2, -0.15) is 0 Å². The number of halogens is 2. The maximum Gasteiger partial charge on any atom is 0.0749 e. The average Bonchev–Trinajstić information content (AvgIpc) is 2.25. The highest BCUT2D eigenvalue weighted by Gasteiger charge is 2.08. The zero-order valence-electron chi connectivity index (χ0n) is 9.09. The smallest absolute Gasteiger partial charge is 0.0749 e. The fraction of sp³-hybridized carbons (Fsp3) is 0.154. The highest BCUT2D eigenvalue weighted by atomic mass is 35.5. The van der Waals surface area contributed by atoms with Crippen LogP contribution in [0.25, 0.3) is 11.3 Å². The number of hydrogen-bond acceptors (Lipinski definition) is 1. The molecule has 0 bridgehead atoms. The molecule has 2 aromatic rings. The van der Waals surface area contributed by atoms with Gasteiger partial charge in [-0.15, -0.1) is 0 Å². The molecule has 16 heavy (non-hydrogen) atoms. The van der Waals surface area contributed by atoms with Crippen LogP contribution < -0.4 is 0 Å². The molecule has 2 rings (SSSR count). The molecule has 0 saturated heterocycles. The normalized spacial score (nSPS) is 10.5. The SMILES string of the molecule is Cc1ccc(C)c(-c2cc(Cl)ccc2Cl)n1. The number of hydrogen-bond donors (Lipinski definition) is 0. The summed E-state index contributed by atoms with van der Waals surface area (Å²) in [5.74, 6) is 0. The van der Waals surface area contributed by atoms with Crippen molar-refractivity contribution in [1.82, 2.24) is 4.98 Å². The second-order valence-corrected chi connectivity index (χ2v) is 4.59. The van der Waals surface area contributed by atoms with Gasteiger partial charge < -0.3 is 0 Å². The third-order valence-electron chi connectivity index (χ3n) is 2.42. The third kappa shape index (κ3) is 2.21. The maximum absolute atomic E-state index is 6.16. The van der Waals surface area contributed by atoms with Gasteiger partial charge in [0.1, 0.15) is 0 Å². The Morgan fingerprint density at radius 2 is 1.75 bits per heavy atom. The lowest BCUT2D eigenvalue weighted by Crippen LogP contribution is -1.91. The van der Waals surface area contributed by atoms with Crippen LogP contribution in [-0.2, 0) is 0 Å². The minimum absolute atomic E-state index is 0.669. The fourth-order valence-corrected chi connectivity index (χ4v) is 1.96. The first-order chi connectivity index (χ1) is 7.58.